The second-order valence-electron chi connectivity index (χ2n) is 5.37. The second-order valence-corrected chi connectivity index (χ2v) is 5.37. The van der Waals surface area contributed by atoms with Crippen LogP contribution in [0.5, 0.6) is 0 Å². The van der Waals surface area contributed by atoms with Gasteiger partial charge in [-0.1, -0.05) is 30.3 Å². The van der Waals surface area contributed by atoms with Crippen molar-refractivity contribution in [3.05, 3.63) is 71.4 Å². The van der Waals surface area contributed by atoms with Crippen molar-refractivity contribution >= 4 is 10.9 Å². The van der Waals surface area contributed by atoms with E-state index in [1.807, 2.05) is 24.4 Å². The van der Waals surface area contributed by atoms with Crippen molar-refractivity contribution in [3.8, 4) is 0 Å². The first-order valence-electron chi connectivity index (χ1n) is 7.30. The molecule has 0 aliphatic carbocycles. The zero-order valence-electron chi connectivity index (χ0n) is 11.9. The van der Waals surface area contributed by atoms with Gasteiger partial charge >= 0.3 is 0 Å². The average Bonchev–Trinajstić information content (AvgIpc) is 2.95. The van der Waals surface area contributed by atoms with Crippen LogP contribution in [0, 0.1) is 0 Å². The molecule has 1 unspecified atom stereocenters. The number of fused-ring (bicyclic) bond motifs is 1. The maximum Gasteiger partial charge on any atom is 0.0804 e. The average molecular weight is 280 g/mol. The van der Waals surface area contributed by atoms with Gasteiger partial charge in [-0.3, -0.25) is 0 Å². The fourth-order valence-electron chi connectivity index (χ4n) is 2.77. The lowest BCUT2D eigenvalue weighted by atomic mass is 9.95. The van der Waals surface area contributed by atoms with Gasteiger partial charge in [-0.25, -0.2) is 0 Å². The highest BCUT2D eigenvalue weighted by Crippen LogP contribution is 2.24. The summed E-state index contributed by atoms with van der Waals surface area (Å²) in [6.07, 6.45) is 2.88. The molecule has 21 heavy (non-hydrogen) atoms. The minimum absolute atomic E-state index is 0.484. The van der Waals surface area contributed by atoms with Crippen LogP contribution in [-0.4, -0.2) is 16.6 Å². The van der Waals surface area contributed by atoms with Gasteiger partial charge in [0.1, 0.15) is 0 Å². The van der Waals surface area contributed by atoms with Gasteiger partial charge in [0.05, 0.1) is 6.10 Å². The Morgan fingerprint density at radius 1 is 1.10 bits per heavy atom. The summed E-state index contributed by atoms with van der Waals surface area (Å²) in [5, 5.41) is 11.4. The standard InChI is InChI=1S/C18H20N2O/c19-9-7-18(21)16-4-2-1-3-14(16)11-13-5-6-17-15(12-13)8-10-20-17/h1-6,8,10,12,18,20-21H,7,9,11,19H2. The van der Waals surface area contributed by atoms with Crippen LogP contribution in [-0.2, 0) is 6.42 Å². The third kappa shape index (κ3) is 2.99. The van der Waals surface area contributed by atoms with Crippen molar-refractivity contribution in [3.63, 3.8) is 0 Å². The van der Waals surface area contributed by atoms with Crippen molar-refractivity contribution in [1.29, 1.82) is 0 Å². The van der Waals surface area contributed by atoms with Gasteiger partial charge in [0.15, 0.2) is 0 Å². The summed E-state index contributed by atoms with van der Waals surface area (Å²) < 4.78 is 0. The monoisotopic (exact) mass is 280 g/mol. The van der Waals surface area contributed by atoms with Gasteiger partial charge in [0.2, 0.25) is 0 Å². The molecule has 0 aliphatic heterocycles. The van der Waals surface area contributed by atoms with Crippen molar-refractivity contribution < 1.29 is 5.11 Å². The maximum absolute atomic E-state index is 10.2. The number of aromatic amines is 1. The SMILES string of the molecule is NCCC(O)c1ccccc1Cc1ccc2[nH]ccc2c1. The summed E-state index contributed by atoms with van der Waals surface area (Å²) in [6.45, 7) is 0.491. The number of hydrogen-bond donors (Lipinski definition) is 3. The molecular weight excluding hydrogens is 260 g/mol. The molecule has 0 fully saturated rings. The minimum Gasteiger partial charge on any atom is -0.388 e. The molecule has 3 heteroatoms. The molecule has 2 aromatic carbocycles. The number of hydrogen-bond acceptors (Lipinski definition) is 2. The first-order chi connectivity index (χ1) is 10.3. The highest BCUT2D eigenvalue weighted by Gasteiger charge is 2.11. The van der Waals surface area contributed by atoms with Crippen LogP contribution in [0.3, 0.4) is 0 Å². The van der Waals surface area contributed by atoms with E-state index < -0.39 is 6.10 Å². The van der Waals surface area contributed by atoms with Crippen LogP contribution in [0.1, 0.15) is 29.2 Å². The quantitative estimate of drug-likeness (QED) is 0.672. The summed E-state index contributed by atoms with van der Waals surface area (Å²) in [7, 11) is 0. The Morgan fingerprint density at radius 2 is 1.95 bits per heavy atom. The van der Waals surface area contributed by atoms with E-state index in [1.54, 1.807) is 0 Å². The smallest absolute Gasteiger partial charge is 0.0804 e. The van der Waals surface area contributed by atoms with E-state index in [-0.39, 0.29) is 0 Å². The summed E-state index contributed by atoms with van der Waals surface area (Å²) in [5.74, 6) is 0. The van der Waals surface area contributed by atoms with E-state index in [0.717, 1.165) is 23.1 Å². The fraction of sp³-hybridized carbons (Fsp3) is 0.222. The van der Waals surface area contributed by atoms with Crippen LogP contribution in [0.25, 0.3) is 10.9 Å². The Balaban J connectivity index is 1.90. The Bertz CT molecular complexity index is 733. The zero-order chi connectivity index (χ0) is 14.7. The summed E-state index contributed by atoms with van der Waals surface area (Å²) in [5.41, 5.74) is 10.1. The maximum atomic E-state index is 10.2. The van der Waals surface area contributed by atoms with Crippen LogP contribution < -0.4 is 5.73 Å². The predicted octanol–water partition coefficient (Wildman–Crippen LogP) is 3.14. The van der Waals surface area contributed by atoms with Crippen molar-refractivity contribution in [1.82, 2.24) is 4.98 Å². The molecule has 4 N–H and O–H groups in total. The Morgan fingerprint density at radius 3 is 2.81 bits per heavy atom. The molecule has 0 bridgehead atoms. The highest BCUT2D eigenvalue weighted by molar-refractivity contribution is 5.80. The predicted molar refractivity (Wildman–Crippen MR) is 86.2 cm³/mol. The molecule has 3 rings (SSSR count). The van der Waals surface area contributed by atoms with Crippen LogP contribution in [0.2, 0.25) is 0 Å². The molecule has 0 spiro atoms. The summed E-state index contributed by atoms with van der Waals surface area (Å²) >= 11 is 0. The minimum atomic E-state index is -0.484. The van der Waals surface area contributed by atoms with Crippen LogP contribution in [0.15, 0.2) is 54.7 Å². The second kappa shape index (κ2) is 6.12. The number of rotatable bonds is 5. The third-order valence-corrected chi connectivity index (χ3v) is 3.87. The van der Waals surface area contributed by atoms with E-state index >= 15 is 0 Å². The molecule has 0 saturated carbocycles. The number of nitrogens with one attached hydrogen (secondary N) is 1. The van der Waals surface area contributed by atoms with Crippen molar-refractivity contribution in [2.24, 2.45) is 5.73 Å². The normalized spacial score (nSPS) is 12.7. The Labute approximate surface area is 124 Å². The number of benzene rings is 2. The molecule has 0 aliphatic rings. The number of aliphatic hydroxyl groups is 1. The zero-order valence-corrected chi connectivity index (χ0v) is 11.9. The highest BCUT2D eigenvalue weighted by atomic mass is 16.3. The van der Waals surface area contributed by atoms with Crippen LogP contribution >= 0.6 is 0 Å². The first-order valence-corrected chi connectivity index (χ1v) is 7.30. The largest absolute Gasteiger partial charge is 0.388 e. The number of nitrogens with two attached hydrogens (primary N) is 1. The van der Waals surface area contributed by atoms with Gasteiger partial charge in [0.25, 0.3) is 0 Å². The lowest BCUT2D eigenvalue weighted by Gasteiger charge is -2.15. The van der Waals surface area contributed by atoms with E-state index in [1.165, 1.54) is 10.9 Å². The molecular formula is C18H20N2O. The van der Waals surface area contributed by atoms with Gasteiger partial charge in [-0.15, -0.1) is 0 Å². The lowest BCUT2D eigenvalue weighted by molar-refractivity contribution is 0.169. The molecule has 1 atom stereocenters. The molecule has 0 saturated heterocycles. The van der Waals surface area contributed by atoms with Gasteiger partial charge in [0, 0.05) is 11.7 Å². The number of aromatic nitrogens is 1. The molecule has 0 radical (unpaired) electrons. The molecule has 3 nitrogen and oxygen atoms in total. The Hall–Kier alpha value is -2.10. The number of aliphatic hydroxyl groups excluding tert-OH is 1. The topological polar surface area (TPSA) is 62.0 Å². The lowest BCUT2D eigenvalue weighted by Crippen LogP contribution is -2.09. The van der Waals surface area contributed by atoms with Crippen molar-refractivity contribution in [2.75, 3.05) is 6.54 Å². The van der Waals surface area contributed by atoms with Crippen molar-refractivity contribution in [2.45, 2.75) is 18.9 Å². The van der Waals surface area contributed by atoms with E-state index in [0.29, 0.717) is 13.0 Å². The van der Waals surface area contributed by atoms with E-state index in [4.69, 9.17) is 5.73 Å². The van der Waals surface area contributed by atoms with E-state index in [2.05, 4.69) is 35.3 Å². The first kappa shape index (κ1) is 13.9. The van der Waals surface area contributed by atoms with Gasteiger partial charge in [-0.2, -0.15) is 0 Å². The molecule has 0 amide bonds. The third-order valence-electron chi connectivity index (χ3n) is 3.87. The number of H-pyrrole nitrogens is 1. The molecule has 108 valence electrons. The van der Waals surface area contributed by atoms with Gasteiger partial charge in [-0.05, 0) is 59.7 Å². The summed E-state index contributed by atoms with van der Waals surface area (Å²) in [6, 6.07) is 16.6. The van der Waals surface area contributed by atoms with Crippen LogP contribution in [0.4, 0.5) is 0 Å². The molecule has 1 heterocycles. The fourth-order valence-corrected chi connectivity index (χ4v) is 2.77. The molecule has 3 aromatic rings. The molecule has 1 aromatic heterocycles. The summed E-state index contributed by atoms with van der Waals surface area (Å²) in [4.78, 5) is 3.20. The van der Waals surface area contributed by atoms with Gasteiger partial charge < -0.3 is 15.8 Å². The van der Waals surface area contributed by atoms with E-state index in [9.17, 15) is 5.11 Å². The Kier molecular flexibility index (Phi) is 4.04.